The molecule has 1 nitrogen and oxygen atoms in total. The van der Waals surface area contributed by atoms with Gasteiger partial charge in [0.25, 0.3) is 0 Å². The zero-order valence-electron chi connectivity index (χ0n) is 7.26. The summed E-state index contributed by atoms with van der Waals surface area (Å²) in [6, 6.07) is 4.26. The van der Waals surface area contributed by atoms with Crippen LogP contribution in [0.4, 0.5) is 19.4 Å². The second kappa shape index (κ2) is 2.64. The van der Waals surface area contributed by atoms with E-state index >= 15 is 0 Å². The summed E-state index contributed by atoms with van der Waals surface area (Å²) in [6.07, 6.45) is -0.332. The van der Waals surface area contributed by atoms with Gasteiger partial charge in [0, 0.05) is 0 Å². The molecule has 0 saturated carbocycles. The highest BCUT2D eigenvalue weighted by molar-refractivity contribution is 8.45. The molecule has 7 heteroatoms. The van der Waals surface area contributed by atoms with Gasteiger partial charge in [-0.3, -0.25) is 0 Å². The monoisotopic (exact) mass is 243 g/mol. The quantitative estimate of drug-likeness (QED) is 0.706. The number of benzene rings is 1. The predicted octanol–water partition coefficient (Wildman–Crippen LogP) is 4.41. The summed E-state index contributed by atoms with van der Waals surface area (Å²) in [6.45, 7) is 0. The van der Waals surface area contributed by atoms with Crippen molar-refractivity contribution in [2.75, 3.05) is 0 Å². The van der Waals surface area contributed by atoms with Gasteiger partial charge in [-0.1, -0.05) is 31.6 Å². The molecule has 0 atom stereocenters. The van der Waals surface area contributed by atoms with E-state index < -0.39 is 15.1 Å². The zero-order valence-corrected chi connectivity index (χ0v) is 8.08. The van der Waals surface area contributed by atoms with Crippen LogP contribution in [0.5, 0.6) is 0 Å². The van der Waals surface area contributed by atoms with Gasteiger partial charge in [0.05, 0.1) is 12.5 Å². The van der Waals surface area contributed by atoms with E-state index in [1.807, 2.05) is 0 Å². The first-order chi connectivity index (χ1) is 6.53. The lowest BCUT2D eigenvalue weighted by Crippen LogP contribution is -2.06. The van der Waals surface area contributed by atoms with Crippen LogP contribution in [-0.2, 0) is 6.42 Å². The number of nitrogens with zero attached hydrogens (tertiary/aromatic N) is 1. The normalized spacial score (nSPS) is 16.3. The van der Waals surface area contributed by atoms with E-state index in [1.54, 1.807) is 6.07 Å². The molecule has 0 radical (unpaired) electrons. The molecule has 0 bridgehead atoms. The lowest BCUT2D eigenvalue weighted by molar-refractivity contribution is 0.364. The summed E-state index contributed by atoms with van der Waals surface area (Å²) in [5, 5.41) is 8.23. The summed E-state index contributed by atoms with van der Waals surface area (Å²) in [5.74, 6) is 0. The largest absolute Gasteiger partial charge is 0.310 e. The highest BCUT2D eigenvalue weighted by atomic mass is 32.5. The molecule has 84 valence electrons. The van der Waals surface area contributed by atoms with Crippen LogP contribution in [0.3, 0.4) is 0 Å². The van der Waals surface area contributed by atoms with Crippen molar-refractivity contribution < 1.29 is 19.4 Å². The molecule has 0 heterocycles. The third-order valence-electron chi connectivity index (χ3n) is 1.63. The summed E-state index contributed by atoms with van der Waals surface area (Å²) >= 11 is 0. The topological polar surface area (TPSA) is 23.8 Å². The van der Waals surface area contributed by atoms with E-state index in [2.05, 4.69) is 0 Å². The van der Waals surface area contributed by atoms with Crippen LogP contribution in [0.1, 0.15) is 5.56 Å². The lowest BCUT2D eigenvalue weighted by atomic mass is 10.2. The second-order valence-corrected chi connectivity index (χ2v) is 5.36. The van der Waals surface area contributed by atoms with E-state index in [4.69, 9.17) is 5.26 Å². The van der Waals surface area contributed by atoms with Crippen LogP contribution in [0.2, 0.25) is 0 Å². The molecular weight excluding hydrogens is 237 g/mol. The Morgan fingerprint density at radius 2 is 1.73 bits per heavy atom. The van der Waals surface area contributed by atoms with Gasteiger partial charge in [-0.25, -0.2) is 0 Å². The van der Waals surface area contributed by atoms with Crippen molar-refractivity contribution in [1.29, 1.82) is 5.26 Å². The van der Waals surface area contributed by atoms with Gasteiger partial charge in [-0.2, -0.15) is 5.26 Å². The molecule has 0 aliphatic carbocycles. The molecule has 1 rings (SSSR count). The van der Waals surface area contributed by atoms with E-state index in [9.17, 15) is 19.4 Å². The first kappa shape index (κ1) is 11.8. The van der Waals surface area contributed by atoms with E-state index in [1.165, 1.54) is 6.07 Å². The van der Waals surface area contributed by atoms with E-state index in [0.29, 0.717) is 12.1 Å². The van der Waals surface area contributed by atoms with Gasteiger partial charge in [0.2, 0.25) is 0 Å². The minimum Gasteiger partial charge on any atom is -0.198 e. The highest BCUT2D eigenvalue weighted by Gasteiger charge is 2.65. The van der Waals surface area contributed by atoms with Crippen LogP contribution in [0.25, 0.3) is 0 Å². The first-order valence-electron chi connectivity index (χ1n) is 3.73. The van der Waals surface area contributed by atoms with Gasteiger partial charge in [-0.15, -0.1) is 0 Å². The van der Waals surface area contributed by atoms with Crippen LogP contribution in [0, 0.1) is 11.3 Å². The first-order valence-corrected chi connectivity index (χ1v) is 5.68. The Hall–Kier alpha value is -1.29. The molecule has 0 unspecified atom stereocenters. The molecule has 15 heavy (non-hydrogen) atoms. The zero-order chi connectivity index (χ0) is 11.8. The predicted molar refractivity (Wildman–Crippen MR) is 47.2 cm³/mol. The highest BCUT2D eigenvalue weighted by Crippen LogP contribution is 3.02. The average molecular weight is 243 g/mol. The molecular formula is C8H6F5NS. The summed E-state index contributed by atoms with van der Waals surface area (Å²) in [7, 11) is -9.60. The molecule has 0 aliphatic heterocycles. The number of hydrogen-bond donors (Lipinski definition) is 0. The van der Waals surface area contributed by atoms with Crippen LogP contribution >= 0.6 is 10.2 Å². The maximum Gasteiger partial charge on any atom is 0.310 e. The smallest absolute Gasteiger partial charge is 0.198 e. The number of hydrogen-bond acceptors (Lipinski definition) is 1. The minimum absolute atomic E-state index is 0.0803. The Kier molecular flexibility index (Phi) is 2.07. The van der Waals surface area contributed by atoms with Gasteiger partial charge in [0.15, 0.2) is 0 Å². The molecule has 0 spiro atoms. The fourth-order valence-corrected chi connectivity index (χ4v) is 1.70. The van der Waals surface area contributed by atoms with Gasteiger partial charge >= 0.3 is 10.2 Å². The second-order valence-electron chi connectivity index (χ2n) is 2.95. The molecule has 1 aromatic rings. The van der Waals surface area contributed by atoms with Crippen molar-refractivity contribution in [3.63, 3.8) is 0 Å². The summed E-state index contributed by atoms with van der Waals surface area (Å²) < 4.78 is 61.4. The molecule has 0 aliphatic rings. The lowest BCUT2D eigenvalue weighted by Gasteiger charge is -2.40. The van der Waals surface area contributed by atoms with E-state index in [-0.39, 0.29) is 12.0 Å². The summed E-state index contributed by atoms with van der Waals surface area (Å²) in [5.41, 5.74) is -0.0803. The molecule has 0 amide bonds. The molecule has 0 saturated heterocycles. The Morgan fingerprint density at radius 3 is 2.20 bits per heavy atom. The van der Waals surface area contributed by atoms with Gasteiger partial charge in [0.1, 0.15) is 4.90 Å². The van der Waals surface area contributed by atoms with Gasteiger partial charge in [-0.05, 0) is 17.7 Å². The number of nitriles is 1. The maximum absolute atomic E-state index is 12.3. The maximum atomic E-state index is 12.3. The Bertz CT molecular complexity index is 430. The minimum atomic E-state index is -9.60. The third-order valence-corrected chi connectivity index (χ3v) is 2.77. The average Bonchev–Trinajstić information content (AvgIpc) is 2.01. The number of rotatable bonds is 2. The van der Waals surface area contributed by atoms with Gasteiger partial charge < -0.3 is 0 Å². The fourth-order valence-electron chi connectivity index (χ4n) is 0.987. The SMILES string of the molecule is N#CCc1cccc(S(F)(F)(F)(F)F)c1. The van der Waals surface area contributed by atoms with Crippen molar-refractivity contribution in [3.8, 4) is 6.07 Å². The third kappa shape index (κ3) is 3.09. The van der Waals surface area contributed by atoms with Crippen molar-refractivity contribution >= 4 is 10.2 Å². The Labute approximate surface area is 82.9 Å². The molecule has 1 aromatic carbocycles. The standard InChI is InChI=1S/C8H6F5NS/c9-15(10,11,12,13)8-3-1-2-7(6-8)4-5-14/h1-3,6H,4H2. The molecule has 0 N–H and O–H groups in total. The van der Waals surface area contributed by atoms with E-state index in [0.717, 1.165) is 6.07 Å². The molecule has 0 aromatic heterocycles. The van der Waals surface area contributed by atoms with Crippen molar-refractivity contribution in [2.24, 2.45) is 0 Å². The molecule has 0 fully saturated rings. The van der Waals surface area contributed by atoms with Crippen molar-refractivity contribution in [2.45, 2.75) is 11.3 Å². The fraction of sp³-hybridized carbons (Fsp3) is 0.125. The van der Waals surface area contributed by atoms with Crippen molar-refractivity contribution in [1.82, 2.24) is 0 Å². The summed E-state index contributed by atoms with van der Waals surface area (Å²) in [4.78, 5) is -1.96. The Balaban J connectivity index is 3.31. The van der Waals surface area contributed by atoms with Crippen LogP contribution in [0.15, 0.2) is 29.2 Å². The van der Waals surface area contributed by atoms with Crippen molar-refractivity contribution in [3.05, 3.63) is 29.8 Å². The van der Waals surface area contributed by atoms with Crippen LogP contribution in [-0.4, -0.2) is 0 Å². The number of halogens is 5. The Morgan fingerprint density at radius 1 is 1.13 bits per heavy atom. The van der Waals surface area contributed by atoms with Crippen LogP contribution < -0.4 is 0 Å².